The molecule has 0 aliphatic rings. The number of nitro groups is 2. The van der Waals surface area contributed by atoms with E-state index in [2.05, 4.69) is 26.6 Å². The number of primary amides is 1. The van der Waals surface area contributed by atoms with Gasteiger partial charge >= 0.3 is 18.3 Å². The van der Waals surface area contributed by atoms with Crippen LogP contribution in [0.3, 0.4) is 0 Å². The van der Waals surface area contributed by atoms with Crippen molar-refractivity contribution >= 4 is 79.3 Å². The van der Waals surface area contributed by atoms with Gasteiger partial charge in [-0.1, -0.05) is 188 Å². The minimum atomic E-state index is -4.85. The van der Waals surface area contributed by atoms with Crippen LogP contribution in [-0.2, 0) is 92.9 Å². The van der Waals surface area contributed by atoms with E-state index >= 15 is 0 Å². The van der Waals surface area contributed by atoms with Gasteiger partial charge in [0, 0.05) is 69.6 Å². The van der Waals surface area contributed by atoms with Crippen LogP contribution in [0.15, 0.2) is 228 Å². The Hall–Kier alpha value is -12.7. The number of nitrogens with two attached hydrogens (primary N) is 1. The number of sulfonamides is 2. The predicted octanol–water partition coefficient (Wildman–Crippen LogP) is 9.70. The van der Waals surface area contributed by atoms with Crippen molar-refractivity contribution in [2.45, 2.75) is 113 Å². The lowest BCUT2D eigenvalue weighted by atomic mass is 10.1. The summed E-state index contributed by atoms with van der Waals surface area (Å²) in [7, 11) is -9.62. The summed E-state index contributed by atoms with van der Waals surface area (Å²) >= 11 is 0. The minimum Gasteiger partial charge on any atom is -0.489 e. The molecule has 8 N–H and O–H groups in total. The van der Waals surface area contributed by atoms with E-state index in [0.717, 1.165) is 48.9 Å². The van der Waals surface area contributed by atoms with E-state index in [1.807, 2.05) is 60.7 Å². The zero-order valence-corrected chi connectivity index (χ0v) is 63.2. The third kappa shape index (κ3) is 28.0. The van der Waals surface area contributed by atoms with Crippen molar-refractivity contribution in [3.8, 4) is 11.5 Å². The van der Waals surface area contributed by atoms with Crippen molar-refractivity contribution in [2.75, 3.05) is 45.8 Å². The van der Waals surface area contributed by atoms with Crippen molar-refractivity contribution < 1.29 is 83.9 Å². The second-order valence-electron chi connectivity index (χ2n) is 25.5. The Labute approximate surface area is 653 Å². The summed E-state index contributed by atoms with van der Waals surface area (Å²) in [5.41, 5.74) is 8.07. The molecule has 0 saturated carbocycles. The smallest absolute Gasteiger partial charge is 0.416 e. The number of nitro benzene ring substituents is 2. The number of para-hydroxylation sites is 2. The molecule has 0 bridgehead atoms. The summed E-state index contributed by atoms with van der Waals surface area (Å²) in [6.45, 7) is -2.70. The Kier molecular flexibility index (Phi) is 33.7. The number of rotatable bonds is 44. The number of nitrogens with one attached hydrogen (secondary N) is 6. The average molecular weight is 1590 g/mol. The molecule has 0 aliphatic carbocycles. The van der Waals surface area contributed by atoms with Crippen molar-refractivity contribution in [3.63, 3.8) is 0 Å². The van der Waals surface area contributed by atoms with Crippen LogP contribution in [0.4, 0.5) is 25.8 Å². The maximum absolute atomic E-state index is 14.7. The summed E-state index contributed by atoms with van der Waals surface area (Å²) < 4.78 is 88.9. The van der Waals surface area contributed by atoms with Crippen LogP contribution in [0.5, 0.6) is 11.5 Å². The van der Waals surface area contributed by atoms with E-state index in [-0.39, 0.29) is 111 Å². The van der Waals surface area contributed by atoms with E-state index in [9.17, 15) is 70.6 Å². The third-order valence-corrected chi connectivity index (χ3v) is 21.1. The fourth-order valence-electron chi connectivity index (χ4n) is 11.4. The average Bonchev–Trinajstić information content (AvgIpc) is 0.793. The second-order valence-corrected chi connectivity index (χ2v) is 29.3. The van der Waals surface area contributed by atoms with Crippen molar-refractivity contribution in [1.82, 2.24) is 40.1 Å². The third-order valence-electron chi connectivity index (χ3n) is 17.2. The zero-order valence-electron chi connectivity index (χ0n) is 61.6. The monoisotopic (exact) mass is 1590 g/mol. The van der Waals surface area contributed by atoms with Gasteiger partial charge in [0.2, 0.25) is 49.6 Å². The first-order chi connectivity index (χ1) is 54.4. The number of hydrogen-bond donors (Lipinski definition) is 7. The molecule has 0 aromatic heterocycles. The Morgan fingerprint density at radius 3 is 1.40 bits per heavy atom. The molecule has 32 nitrogen and oxygen atoms in total. The lowest BCUT2D eigenvalue weighted by Crippen LogP contribution is -2.49. The lowest BCUT2D eigenvalue weighted by molar-refractivity contribution is -0.388. The van der Waals surface area contributed by atoms with Crippen molar-refractivity contribution in [2.24, 2.45) is 5.73 Å². The number of alkyl carbamates (subject to hydrolysis) is 2. The molecule has 596 valence electrons. The molecule has 8 rings (SSSR count). The van der Waals surface area contributed by atoms with Gasteiger partial charge < -0.3 is 50.7 Å². The normalized spacial score (nSPS) is 11.7. The number of amides is 7. The van der Waals surface area contributed by atoms with Gasteiger partial charge in [0.1, 0.15) is 56.6 Å². The first kappa shape index (κ1) is 85.9. The standard InChI is InChI=1S/C79H88N12O20S2/c80-72(92)52-66(84-73(93)50-63-41-42-64(107-53-58-26-7-1-8-27-58)51-69(63)108-54-59-28-9-2-10-29-59)75(95)82-43-21-6-22-45-87(112(103,104)70-39-19-17-37-67(70)90(99)100)47-25-48-88(113(105,106)71-40-20-18-38-68(71)91(101)102)46-24-44-83-74(94)65(85-77(96)109-55-60-30-11-3-12-31-60)36-23-49-89(79(98)111-57-62-34-15-5-16-35-62)76(81)86-78(97)110-56-61-32-13-4-14-33-61/h1-5,7-20,26-35,37-42,51,65-66H,6,21-25,36,43-50,52-57H2,(H2,80,92)(H,82,95)(H,83,94)(H,84,93)(H,85,96)(H2,81,86,97)/t65-,66-/m0/s1. The molecular formula is C79H88N12O20S2. The molecule has 0 radical (unpaired) electrons. The topological polar surface area (TPSA) is 440 Å². The molecule has 7 amide bonds. The van der Waals surface area contributed by atoms with Crippen LogP contribution in [-0.4, -0.2) is 146 Å². The van der Waals surface area contributed by atoms with E-state index in [1.165, 1.54) is 24.3 Å². The van der Waals surface area contributed by atoms with Gasteiger partial charge in [-0.2, -0.15) is 8.61 Å². The molecule has 34 heteroatoms. The summed E-state index contributed by atoms with van der Waals surface area (Å²) in [5, 5.41) is 46.1. The number of carbonyl (C=O) groups excluding carboxylic acids is 7. The van der Waals surface area contributed by atoms with Crippen LogP contribution in [0.1, 0.15) is 84.7 Å². The minimum absolute atomic E-state index is 0.0475. The number of nitrogens with zero attached hydrogens (tertiary/aromatic N) is 5. The molecule has 0 fully saturated rings. The highest BCUT2D eigenvalue weighted by atomic mass is 32.2. The number of hydrogen-bond acceptors (Lipinski definition) is 21. The number of guanidine groups is 1. The molecule has 0 unspecified atom stereocenters. The largest absolute Gasteiger partial charge is 0.489 e. The number of benzene rings is 8. The molecule has 0 saturated heterocycles. The molecule has 113 heavy (non-hydrogen) atoms. The van der Waals surface area contributed by atoms with Crippen LogP contribution in [0, 0.1) is 25.6 Å². The molecule has 2 atom stereocenters. The van der Waals surface area contributed by atoms with Crippen LogP contribution < -0.4 is 41.8 Å². The maximum Gasteiger partial charge on any atom is 0.416 e. The summed E-state index contributed by atoms with van der Waals surface area (Å²) in [4.78, 5) is 116. The molecule has 8 aromatic rings. The van der Waals surface area contributed by atoms with Gasteiger partial charge in [-0.25, -0.2) is 36.1 Å². The van der Waals surface area contributed by atoms with Crippen LogP contribution >= 0.6 is 0 Å². The fraction of sp³-hybridized carbons (Fsp3) is 0.291. The van der Waals surface area contributed by atoms with Crippen LogP contribution in [0.2, 0.25) is 0 Å². The summed E-state index contributed by atoms with van der Waals surface area (Å²) in [6.07, 6.45) is -4.49. The first-order valence-electron chi connectivity index (χ1n) is 36.0. The predicted molar refractivity (Wildman–Crippen MR) is 414 cm³/mol. The Morgan fingerprint density at radius 1 is 0.460 bits per heavy atom. The zero-order chi connectivity index (χ0) is 81.0. The molecule has 0 spiro atoms. The summed E-state index contributed by atoms with van der Waals surface area (Å²) in [6, 6.07) is 55.9. The molecular weight excluding hydrogens is 1500 g/mol. The quantitative estimate of drug-likeness (QED) is 0.00466. The highest BCUT2D eigenvalue weighted by Crippen LogP contribution is 2.31. The Balaban J connectivity index is 0.922. The van der Waals surface area contributed by atoms with Crippen molar-refractivity contribution in [3.05, 3.63) is 272 Å². The summed E-state index contributed by atoms with van der Waals surface area (Å²) in [5.74, 6) is -3.08. The first-order valence-corrected chi connectivity index (χ1v) is 38.9. The van der Waals surface area contributed by atoms with Gasteiger partial charge in [0.25, 0.3) is 11.4 Å². The molecule has 8 aromatic carbocycles. The van der Waals surface area contributed by atoms with Crippen molar-refractivity contribution in [1.29, 1.82) is 5.41 Å². The maximum atomic E-state index is 14.7. The van der Waals surface area contributed by atoms with E-state index in [1.54, 1.807) is 109 Å². The SMILES string of the molecule is N=C(NC(=O)OCc1ccccc1)N(CCC[C@H](NC(=O)OCc1ccccc1)C(=O)NCCCN(CCCN(CCCCCNC(=O)[C@H](CC(N)=O)NC(=O)Cc1ccc(OCc2ccccc2)cc1OCc1ccccc1)S(=O)(=O)c1ccccc1[N+](=O)[O-])S(=O)(=O)c1ccccc1[N+](=O)[O-])C(=O)OCc1ccccc1. The van der Waals surface area contributed by atoms with Gasteiger partial charge in [0.05, 0.1) is 22.7 Å². The Bertz CT molecular complexity index is 4750. The van der Waals surface area contributed by atoms with E-state index in [0.29, 0.717) is 33.8 Å². The van der Waals surface area contributed by atoms with Gasteiger partial charge in [-0.3, -0.25) is 50.1 Å². The lowest BCUT2D eigenvalue weighted by Gasteiger charge is -2.26. The fourth-order valence-corrected chi connectivity index (χ4v) is 14.8. The molecule has 0 aliphatic heterocycles. The number of ether oxygens (including phenoxy) is 5. The number of unbranched alkanes of at least 4 members (excludes halogenated alkanes) is 2. The second kappa shape index (κ2) is 44.3. The molecule has 0 heterocycles. The van der Waals surface area contributed by atoms with Gasteiger partial charge in [0.15, 0.2) is 9.79 Å². The highest BCUT2D eigenvalue weighted by Gasteiger charge is 2.35. The highest BCUT2D eigenvalue weighted by molar-refractivity contribution is 7.89. The Morgan fingerprint density at radius 2 is 0.894 bits per heavy atom. The van der Waals surface area contributed by atoms with Crippen LogP contribution in [0.25, 0.3) is 0 Å². The van der Waals surface area contributed by atoms with Gasteiger partial charge in [-0.05, 0) is 84.5 Å². The van der Waals surface area contributed by atoms with Gasteiger partial charge in [-0.15, -0.1) is 0 Å². The van der Waals surface area contributed by atoms with E-state index < -0.39 is 137 Å². The number of carbonyl (C=O) groups is 7. The van der Waals surface area contributed by atoms with E-state index in [4.69, 9.17) is 34.8 Å².